The van der Waals surface area contributed by atoms with Crippen LogP contribution < -0.4 is 5.32 Å². The number of nitrogens with zero attached hydrogens (tertiary/aromatic N) is 1. The molecule has 2 rings (SSSR count). The van der Waals surface area contributed by atoms with E-state index in [4.69, 9.17) is 0 Å². The molecule has 6 heteroatoms. The Morgan fingerprint density at radius 1 is 1.53 bits per heavy atom. The van der Waals surface area contributed by atoms with Gasteiger partial charge in [0.1, 0.15) is 5.82 Å². The molecule has 1 heterocycles. The van der Waals surface area contributed by atoms with Crippen molar-refractivity contribution in [2.45, 2.75) is 24.5 Å². The lowest BCUT2D eigenvalue weighted by molar-refractivity contribution is 0.585. The topological polar surface area (TPSA) is 59.1 Å². The highest BCUT2D eigenvalue weighted by molar-refractivity contribution is 9.10. The molecule has 17 heavy (non-hydrogen) atoms. The molecule has 0 radical (unpaired) electrons. The van der Waals surface area contributed by atoms with Crippen LogP contribution in [0.5, 0.6) is 0 Å². The molecule has 1 aromatic heterocycles. The number of nitrogens with one attached hydrogen (secondary N) is 1. The first-order valence-corrected chi connectivity index (χ1v) is 8.08. The second kappa shape index (κ2) is 4.24. The summed E-state index contributed by atoms with van der Waals surface area (Å²) in [6.45, 7) is 2.42. The molecule has 1 N–H and O–H groups in total. The lowest BCUT2D eigenvalue weighted by Crippen LogP contribution is -2.30. The van der Waals surface area contributed by atoms with Crippen LogP contribution in [-0.4, -0.2) is 30.9 Å². The number of pyridine rings is 1. The van der Waals surface area contributed by atoms with Gasteiger partial charge in [-0.25, -0.2) is 13.4 Å². The number of anilines is 1. The van der Waals surface area contributed by atoms with Gasteiger partial charge in [0.15, 0.2) is 9.84 Å². The van der Waals surface area contributed by atoms with Crippen molar-refractivity contribution < 1.29 is 8.42 Å². The minimum absolute atomic E-state index is 0.444. The van der Waals surface area contributed by atoms with Crippen molar-refractivity contribution in [3.63, 3.8) is 0 Å². The monoisotopic (exact) mass is 318 g/mol. The van der Waals surface area contributed by atoms with Gasteiger partial charge in [-0.2, -0.15) is 0 Å². The van der Waals surface area contributed by atoms with Crippen LogP contribution in [-0.2, 0) is 9.84 Å². The van der Waals surface area contributed by atoms with E-state index in [1.165, 1.54) is 6.26 Å². The van der Waals surface area contributed by atoms with E-state index < -0.39 is 14.6 Å². The number of rotatable bonds is 4. The predicted molar refractivity (Wildman–Crippen MR) is 72.0 cm³/mol. The number of sulfone groups is 1. The van der Waals surface area contributed by atoms with Crippen LogP contribution in [0.1, 0.15) is 18.4 Å². The number of aromatic nitrogens is 1. The van der Waals surface area contributed by atoms with Crippen LogP contribution in [0.3, 0.4) is 0 Å². The third kappa shape index (κ3) is 2.63. The molecule has 1 fully saturated rings. The minimum Gasteiger partial charge on any atom is -0.368 e. The maximum absolute atomic E-state index is 11.6. The second-order valence-electron chi connectivity index (χ2n) is 4.63. The molecule has 1 saturated carbocycles. The van der Waals surface area contributed by atoms with Crippen LogP contribution in [0.25, 0.3) is 0 Å². The quantitative estimate of drug-likeness (QED) is 0.924. The van der Waals surface area contributed by atoms with E-state index in [0.717, 1.165) is 28.7 Å². The van der Waals surface area contributed by atoms with Crippen LogP contribution in [0.2, 0.25) is 0 Å². The Balaban J connectivity index is 2.06. The molecule has 0 saturated heterocycles. The fourth-order valence-corrected chi connectivity index (χ4v) is 3.10. The third-order valence-electron chi connectivity index (χ3n) is 3.23. The zero-order valence-electron chi connectivity index (χ0n) is 9.83. The van der Waals surface area contributed by atoms with Crippen molar-refractivity contribution in [1.29, 1.82) is 0 Å². The maximum Gasteiger partial charge on any atom is 0.154 e. The van der Waals surface area contributed by atoms with Crippen molar-refractivity contribution >= 4 is 31.6 Å². The summed E-state index contributed by atoms with van der Waals surface area (Å²) in [5, 5.41) is 3.11. The molecule has 1 aliphatic carbocycles. The van der Waals surface area contributed by atoms with E-state index in [0.29, 0.717) is 6.54 Å². The van der Waals surface area contributed by atoms with E-state index in [1.807, 2.05) is 13.0 Å². The van der Waals surface area contributed by atoms with E-state index in [-0.39, 0.29) is 0 Å². The van der Waals surface area contributed by atoms with Gasteiger partial charge in [0.05, 0.1) is 4.75 Å². The average molecular weight is 319 g/mol. The summed E-state index contributed by atoms with van der Waals surface area (Å²) in [6, 6.07) is 1.91. The zero-order valence-corrected chi connectivity index (χ0v) is 12.2. The van der Waals surface area contributed by atoms with Gasteiger partial charge in [0.25, 0.3) is 0 Å². The van der Waals surface area contributed by atoms with Crippen molar-refractivity contribution in [3.05, 3.63) is 22.3 Å². The fraction of sp³-hybridized carbons (Fsp3) is 0.545. The van der Waals surface area contributed by atoms with Crippen LogP contribution >= 0.6 is 15.9 Å². The normalized spacial score (nSPS) is 17.8. The molecule has 4 nitrogen and oxygen atoms in total. The Bertz CT molecular complexity index is 538. The molecule has 0 aromatic carbocycles. The van der Waals surface area contributed by atoms with Crippen LogP contribution in [0.15, 0.2) is 16.7 Å². The lowest BCUT2D eigenvalue weighted by atomic mass is 10.3. The first-order chi connectivity index (χ1) is 7.84. The molecule has 0 atom stereocenters. The van der Waals surface area contributed by atoms with E-state index in [2.05, 4.69) is 26.2 Å². The molecule has 0 unspecified atom stereocenters. The summed E-state index contributed by atoms with van der Waals surface area (Å²) in [5.74, 6) is 0.723. The molecule has 0 amide bonds. The highest BCUT2D eigenvalue weighted by Gasteiger charge is 2.51. The molecular weight excluding hydrogens is 304 g/mol. The van der Waals surface area contributed by atoms with Crippen LogP contribution in [0.4, 0.5) is 5.82 Å². The lowest BCUT2D eigenvalue weighted by Gasteiger charge is -2.14. The molecule has 0 bridgehead atoms. The van der Waals surface area contributed by atoms with Gasteiger partial charge < -0.3 is 5.32 Å². The van der Waals surface area contributed by atoms with E-state index in [9.17, 15) is 8.42 Å². The first kappa shape index (κ1) is 12.8. The minimum atomic E-state index is -2.98. The Morgan fingerprint density at radius 3 is 2.65 bits per heavy atom. The summed E-state index contributed by atoms with van der Waals surface area (Å²) < 4.78 is 23.6. The Hall–Kier alpha value is -0.620. The van der Waals surface area contributed by atoms with Gasteiger partial charge in [-0.1, -0.05) is 0 Å². The summed E-state index contributed by atoms with van der Waals surface area (Å²) in [7, 11) is -2.98. The third-order valence-corrected chi connectivity index (χ3v) is 6.19. The predicted octanol–water partition coefficient (Wildman–Crippen LogP) is 2.14. The fourth-order valence-electron chi connectivity index (χ4n) is 1.71. The van der Waals surface area contributed by atoms with Gasteiger partial charge in [-0.05, 0) is 47.3 Å². The largest absolute Gasteiger partial charge is 0.368 e. The zero-order chi connectivity index (χ0) is 12.7. The Morgan fingerprint density at radius 2 is 2.18 bits per heavy atom. The number of hydrogen-bond acceptors (Lipinski definition) is 4. The van der Waals surface area contributed by atoms with Gasteiger partial charge in [0.2, 0.25) is 0 Å². The molecule has 0 aliphatic heterocycles. The summed E-state index contributed by atoms with van der Waals surface area (Å²) in [5.41, 5.74) is 1.08. The van der Waals surface area contributed by atoms with Gasteiger partial charge in [-0.15, -0.1) is 0 Å². The standard InChI is InChI=1S/C11H15BrN2O2S/c1-8-5-10(13-6-9(8)12)14-7-11(3-4-11)17(2,15)16/h5-6H,3-4,7H2,1-2H3,(H,13,14). The van der Waals surface area contributed by atoms with Crippen molar-refractivity contribution in [1.82, 2.24) is 4.98 Å². The van der Waals surface area contributed by atoms with Gasteiger partial charge >= 0.3 is 0 Å². The molecular formula is C11H15BrN2O2S. The molecule has 94 valence electrons. The maximum atomic E-state index is 11.6. The SMILES string of the molecule is Cc1cc(NCC2(S(C)(=O)=O)CC2)ncc1Br. The van der Waals surface area contributed by atoms with Crippen LogP contribution in [0, 0.1) is 6.92 Å². The van der Waals surface area contributed by atoms with Crippen molar-refractivity contribution in [3.8, 4) is 0 Å². The van der Waals surface area contributed by atoms with E-state index >= 15 is 0 Å². The number of aryl methyl sites for hydroxylation is 1. The summed E-state index contributed by atoms with van der Waals surface area (Å²) in [6.07, 6.45) is 4.52. The summed E-state index contributed by atoms with van der Waals surface area (Å²) >= 11 is 3.38. The second-order valence-corrected chi connectivity index (χ2v) is 7.89. The highest BCUT2D eigenvalue weighted by Crippen LogP contribution is 2.43. The first-order valence-electron chi connectivity index (χ1n) is 5.40. The molecule has 0 spiro atoms. The van der Waals surface area contributed by atoms with Gasteiger partial charge in [0, 0.05) is 23.5 Å². The Kier molecular flexibility index (Phi) is 3.20. The Labute approximate surface area is 110 Å². The smallest absolute Gasteiger partial charge is 0.154 e. The highest BCUT2D eigenvalue weighted by atomic mass is 79.9. The number of halogens is 1. The van der Waals surface area contributed by atoms with Gasteiger partial charge in [-0.3, -0.25) is 0 Å². The average Bonchev–Trinajstić information content (AvgIpc) is 3.00. The number of hydrogen-bond donors (Lipinski definition) is 1. The van der Waals surface area contributed by atoms with Crippen molar-refractivity contribution in [2.75, 3.05) is 18.1 Å². The summed E-state index contributed by atoms with van der Waals surface area (Å²) in [4.78, 5) is 4.20. The van der Waals surface area contributed by atoms with E-state index in [1.54, 1.807) is 6.20 Å². The van der Waals surface area contributed by atoms with Crippen molar-refractivity contribution in [2.24, 2.45) is 0 Å². The molecule has 1 aliphatic rings. The molecule has 1 aromatic rings.